The number of alkyl halides is 1. The van der Waals surface area contributed by atoms with Gasteiger partial charge in [-0.15, -0.1) is 11.6 Å². The zero-order chi connectivity index (χ0) is 18.0. The number of halogens is 1. The Balaban J connectivity index is 1.78. The molecule has 6 nitrogen and oxygen atoms in total. The Kier molecular flexibility index (Phi) is 5.29. The standard InChI is InChI=1S/C17H20ClN3O3S/c18-11-17(22)21-8-6-20(7-9-21)12-14-3-1-2-13-10-15(25(19,23)24)4-5-16(13)14/h1-5,10H,6-9,11-12H2,(H2,19,23,24). The van der Waals surface area contributed by atoms with E-state index in [1.807, 2.05) is 18.2 Å². The van der Waals surface area contributed by atoms with Gasteiger partial charge in [-0.25, -0.2) is 13.6 Å². The van der Waals surface area contributed by atoms with Crippen molar-refractivity contribution in [3.63, 3.8) is 0 Å². The van der Waals surface area contributed by atoms with E-state index in [4.69, 9.17) is 16.7 Å². The van der Waals surface area contributed by atoms with E-state index in [1.165, 1.54) is 6.07 Å². The molecule has 0 aromatic heterocycles. The number of fused-ring (bicyclic) bond motifs is 1. The van der Waals surface area contributed by atoms with Crippen LogP contribution in [0.25, 0.3) is 10.8 Å². The van der Waals surface area contributed by atoms with Crippen molar-refractivity contribution in [1.82, 2.24) is 9.80 Å². The van der Waals surface area contributed by atoms with Gasteiger partial charge in [-0.3, -0.25) is 9.69 Å². The molecule has 0 spiro atoms. The highest BCUT2D eigenvalue weighted by atomic mass is 35.5. The smallest absolute Gasteiger partial charge is 0.238 e. The molecule has 25 heavy (non-hydrogen) atoms. The number of primary sulfonamides is 1. The molecule has 2 aromatic carbocycles. The van der Waals surface area contributed by atoms with E-state index in [0.29, 0.717) is 13.1 Å². The molecule has 1 amide bonds. The lowest BCUT2D eigenvalue weighted by Crippen LogP contribution is -2.48. The summed E-state index contributed by atoms with van der Waals surface area (Å²) in [4.78, 5) is 15.8. The molecule has 1 aliphatic heterocycles. The van der Waals surface area contributed by atoms with Crippen LogP contribution in [0.2, 0.25) is 0 Å². The third kappa shape index (κ3) is 4.12. The highest BCUT2D eigenvalue weighted by molar-refractivity contribution is 7.89. The number of carbonyl (C=O) groups is 1. The summed E-state index contributed by atoms with van der Waals surface area (Å²) in [6.07, 6.45) is 0. The monoisotopic (exact) mass is 381 g/mol. The number of hydrogen-bond acceptors (Lipinski definition) is 4. The molecule has 0 saturated carbocycles. The normalized spacial score (nSPS) is 16.3. The highest BCUT2D eigenvalue weighted by Crippen LogP contribution is 2.23. The van der Waals surface area contributed by atoms with Gasteiger partial charge in [-0.1, -0.05) is 24.3 Å². The second kappa shape index (κ2) is 7.29. The van der Waals surface area contributed by atoms with Crippen LogP contribution in [0.3, 0.4) is 0 Å². The minimum Gasteiger partial charge on any atom is -0.339 e. The van der Waals surface area contributed by atoms with Gasteiger partial charge in [-0.05, 0) is 28.5 Å². The topological polar surface area (TPSA) is 83.7 Å². The lowest BCUT2D eigenvalue weighted by Gasteiger charge is -2.34. The van der Waals surface area contributed by atoms with Crippen LogP contribution in [-0.2, 0) is 21.4 Å². The molecular formula is C17H20ClN3O3S. The van der Waals surface area contributed by atoms with Gasteiger partial charge < -0.3 is 4.90 Å². The quantitative estimate of drug-likeness (QED) is 0.811. The fourth-order valence-electron chi connectivity index (χ4n) is 3.12. The minimum atomic E-state index is -3.71. The minimum absolute atomic E-state index is 0.0235. The van der Waals surface area contributed by atoms with E-state index in [1.54, 1.807) is 17.0 Å². The van der Waals surface area contributed by atoms with Gasteiger partial charge in [0.15, 0.2) is 0 Å². The molecule has 1 heterocycles. The van der Waals surface area contributed by atoms with E-state index >= 15 is 0 Å². The molecule has 0 atom stereocenters. The maximum absolute atomic E-state index is 11.6. The van der Waals surface area contributed by atoms with Crippen molar-refractivity contribution in [3.05, 3.63) is 42.0 Å². The molecule has 8 heteroatoms. The summed E-state index contributed by atoms with van der Waals surface area (Å²) in [7, 11) is -3.71. The SMILES string of the molecule is NS(=O)(=O)c1ccc2c(CN3CCN(C(=O)CCl)CC3)cccc2c1. The Labute approximate surface area is 152 Å². The predicted molar refractivity (Wildman–Crippen MR) is 97.9 cm³/mol. The van der Waals surface area contributed by atoms with Crippen LogP contribution in [-0.4, -0.2) is 56.2 Å². The van der Waals surface area contributed by atoms with E-state index < -0.39 is 10.0 Å². The summed E-state index contributed by atoms with van der Waals surface area (Å²) in [6, 6.07) is 10.8. The van der Waals surface area contributed by atoms with Crippen LogP contribution in [0.1, 0.15) is 5.56 Å². The van der Waals surface area contributed by atoms with Crippen molar-refractivity contribution < 1.29 is 13.2 Å². The first-order valence-corrected chi connectivity index (χ1v) is 10.1. The molecule has 134 valence electrons. The zero-order valence-electron chi connectivity index (χ0n) is 13.7. The third-order valence-electron chi connectivity index (χ3n) is 4.50. The van der Waals surface area contributed by atoms with Crippen LogP contribution >= 0.6 is 11.6 Å². The van der Waals surface area contributed by atoms with Crippen LogP contribution < -0.4 is 5.14 Å². The molecule has 0 unspecified atom stereocenters. The van der Waals surface area contributed by atoms with Gasteiger partial charge in [0, 0.05) is 32.7 Å². The Morgan fingerprint density at radius 3 is 2.48 bits per heavy atom. The summed E-state index contributed by atoms with van der Waals surface area (Å²) in [5, 5.41) is 7.06. The first-order chi connectivity index (χ1) is 11.9. The van der Waals surface area contributed by atoms with Gasteiger partial charge >= 0.3 is 0 Å². The zero-order valence-corrected chi connectivity index (χ0v) is 15.3. The first-order valence-electron chi connectivity index (χ1n) is 7.99. The van der Waals surface area contributed by atoms with Crippen molar-refractivity contribution >= 4 is 38.3 Å². The number of amides is 1. The van der Waals surface area contributed by atoms with Gasteiger partial charge in [0.05, 0.1) is 4.90 Å². The van der Waals surface area contributed by atoms with Crippen molar-refractivity contribution in [2.75, 3.05) is 32.1 Å². The summed E-state index contributed by atoms with van der Waals surface area (Å²) < 4.78 is 23.0. The first kappa shape index (κ1) is 18.1. The van der Waals surface area contributed by atoms with Crippen LogP contribution in [0.4, 0.5) is 0 Å². The molecule has 1 aliphatic rings. The van der Waals surface area contributed by atoms with Crippen molar-refractivity contribution in [1.29, 1.82) is 0 Å². The molecule has 1 saturated heterocycles. The highest BCUT2D eigenvalue weighted by Gasteiger charge is 2.20. The number of hydrogen-bond donors (Lipinski definition) is 1. The van der Waals surface area contributed by atoms with Crippen LogP contribution in [0, 0.1) is 0 Å². The van der Waals surface area contributed by atoms with Gasteiger partial charge in [0.25, 0.3) is 0 Å². The largest absolute Gasteiger partial charge is 0.339 e. The molecule has 3 rings (SSSR count). The lowest BCUT2D eigenvalue weighted by atomic mass is 10.0. The number of nitrogens with zero attached hydrogens (tertiary/aromatic N) is 2. The maximum atomic E-state index is 11.6. The van der Waals surface area contributed by atoms with Gasteiger partial charge in [0.1, 0.15) is 5.88 Å². The van der Waals surface area contributed by atoms with E-state index in [0.717, 1.165) is 36.0 Å². The summed E-state index contributed by atoms with van der Waals surface area (Å²) >= 11 is 5.61. The molecule has 0 aliphatic carbocycles. The van der Waals surface area contributed by atoms with Crippen molar-refractivity contribution in [3.8, 4) is 0 Å². The third-order valence-corrected chi connectivity index (χ3v) is 5.64. The lowest BCUT2D eigenvalue weighted by molar-refractivity contribution is -0.130. The number of rotatable bonds is 4. The van der Waals surface area contributed by atoms with Gasteiger partial charge in [0.2, 0.25) is 15.9 Å². The molecule has 0 radical (unpaired) electrons. The summed E-state index contributed by atoms with van der Waals surface area (Å²) in [6.45, 7) is 3.66. The number of nitrogens with two attached hydrogens (primary N) is 1. The van der Waals surface area contributed by atoms with Gasteiger partial charge in [-0.2, -0.15) is 0 Å². The fraction of sp³-hybridized carbons (Fsp3) is 0.353. The number of benzene rings is 2. The Morgan fingerprint density at radius 1 is 1.12 bits per heavy atom. The number of piperazine rings is 1. The Morgan fingerprint density at radius 2 is 1.84 bits per heavy atom. The maximum Gasteiger partial charge on any atom is 0.238 e. The fourth-order valence-corrected chi connectivity index (χ4v) is 3.84. The molecular weight excluding hydrogens is 362 g/mol. The van der Waals surface area contributed by atoms with E-state index in [2.05, 4.69) is 4.90 Å². The molecule has 2 aromatic rings. The van der Waals surface area contributed by atoms with Crippen molar-refractivity contribution in [2.45, 2.75) is 11.4 Å². The molecule has 1 fully saturated rings. The van der Waals surface area contributed by atoms with E-state index in [-0.39, 0.29) is 16.7 Å². The predicted octanol–water partition coefficient (Wildman–Crippen LogP) is 1.37. The summed E-state index contributed by atoms with van der Waals surface area (Å²) in [5.74, 6) is -0.00241. The summed E-state index contributed by atoms with van der Waals surface area (Å²) in [5.41, 5.74) is 1.12. The van der Waals surface area contributed by atoms with Crippen molar-refractivity contribution in [2.24, 2.45) is 5.14 Å². The second-order valence-electron chi connectivity index (χ2n) is 6.14. The average Bonchev–Trinajstić information content (AvgIpc) is 2.61. The Hall–Kier alpha value is -1.67. The Bertz CT molecular complexity index is 893. The van der Waals surface area contributed by atoms with Crippen LogP contribution in [0.15, 0.2) is 41.3 Å². The van der Waals surface area contributed by atoms with Crippen LogP contribution in [0.5, 0.6) is 0 Å². The number of carbonyl (C=O) groups excluding carboxylic acids is 1. The number of sulfonamides is 1. The molecule has 2 N–H and O–H groups in total. The molecule has 0 bridgehead atoms. The second-order valence-corrected chi connectivity index (χ2v) is 7.96. The average molecular weight is 382 g/mol. The van der Waals surface area contributed by atoms with E-state index in [9.17, 15) is 13.2 Å².